The van der Waals surface area contributed by atoms with Gasteiger partial charge in [0.05, 0.1) is 13.2 Å². The molecule has 0 saturated carbocycles. The Kier molecular flexibility index (Phi) is 8.42. The molecule has 0 spiro atoms. The summed E-state index contributed by atoms with van der Waals surface area (Å²) in [6.45, 7) is 2.55. The average molecular weight is 408 g/mol. The molecule has 28 heavy (non-hydrogen) atoms. The monoisotopic (exact) mass is 407 g/mol. The molecule has 1 aliphatic heterocycles. The van der Waals surface area contributed by atoms with E-state index in [-0.39, 0.29) is 42.8 Å². The third-order valence-electron chi connectivity index (χ3n) is 5.17. The van der Waals surface area contributed by atoms with Gasteiger partial charge in [-0.3, -0.25) is 4.79 Å². The molecule has 0 radical (unpaired) electrons. The Labute approximate surface area is 171 Å². The third kappa shape index (κ3) is 6.03. The van der Waals surface area contributed by atoms with E-state index < -0.39 is 12.0 Å². The molecular weight excluding hydrogens is 381 g/mol. The number of carbonyl (C=O) groups is 1. The van der Waals surface area contributed by atoms with Crippen molar-refractivity contribution in [2.75, 3.05) is 13.2 Å². The second-order valence-corrected chi connectivity index (χ2v) is 7.23. The summed E-state index contributed by atoms with van der Waals surface area (Å²) < 4.78 is 24.7. The van der Waals surface area contributed by atoms with E-state index in [0.717, 1.165) is 12.0 Å². The maximum Gasteiger partial charge on any atom is 0.325 e. The maximum absolute atomic E-state index is 13.3. The number of rotatable bonds is 4. The molecule has 0 bridgehead atoms. The van der Waals surface area contributed by atoms with Gasteiger partial charge in [0.15, 0.2) is 0 Å². The van der Waals surface area contributed by atoms with E-state index >= 15 is 0 Å². The van der Waals surface area contributed by atoms with Crippen LogP contribution >= 0.6 is 12.4 Å². The van der Waals surface area contributed by atoms with Crippen molar-refractivity contribution in [2.24, 2.45) is 17.6 Å². The van der Waals surface area contributed by atoms with Gasteiger partial charge < -0.3 is 15.2 Å². The van der Waals surface area contributed by atoms with Gasteiger partial charge in [-0.05, 0) is 48.9 Å². The summed E-state index contributed by atoms with van der Waals surface area (Å²) in [7, 11) is 0. The minimum atomic E-state index is -0.769. The molecule has 2 aromatic rings. The normalized spacial score (nSPS) is 25.6. The number of cyclic esters (lactones) is 1. The Hall–Kier alpha value is -1.95. The first-order valence-corrected chi connectivity index (χ1v) is 9.35. The van der Waals surface area contributed by atoms with Crippen molar-refractivity contribution < 1.29 is 18.7 Å². The first-order valence-electron chi connectivity index (χ1n) is 9.35. The number of carbonyl (C=O) groups excluding carboxylic acids is 1. The number of halogens is 2. The molecule has 2 aromatic carbocycles. The van der Waals surface area contributed by atoms with Crippen molar-refractivity contribution in [1.29, 1.82) is 0 Å². The van der Waals surface area contributed by atoms with E-state index in [4.69, 9.17) is 15.2 Å². The molecule has 4 atom stereocenters. The Balaban J connectivity index is 0.00000280. The highest BCUT2D eigenvalue weighted by Crippen LogP contribution is 2.28. The van der Waals surface area contributed by atoms with Gasteiger partial charge in [0, 0.05) is 5.92 Å². The fourth-order valence-electron chi connectivity index (χ4n) is 3.63. The fourth-order valence-corrected chi connectivity index (χ4v) is 3.63. The zero-order valence-electron chi connectivity index (χ0n) is 15.9. The predicted molar refractivity (Wildman–Crippen MR) is 109 cm³/mol. The van der Waals surface area contributed by atoms with Crippen LogP contribution < -0.4 is 5.73 Å². The number of esters is 1. The van der Waals surface area contributed by atoms with Crippen molar-refractivity contribution >= 4 is 18.4 Å². The lowest BCUT2D eigenvalue weighted by molar-refractivity contribution is -0.153. The predicted octanol–water partition coefficient (Wildman–Crippen LogP) is 3.55. The molecule has 1 heterocycles. The zero-order valence-corrected chi connectivity index (χ0v) is 16.7. The van der Waals surface area contributed by atoms with Crippen LogP contribution in [0.3, 0.4) is 0 Å². The highest BCUT2D eigenvalue weighted by atomic mass is 35.5. The van der Waals surface area contributed by atoms with E-state index in [1.807, 2.05) is 25.1 Å². The lowest BCUT2D eigenvalue weighted by Crippen LogP contribution is -2.39. The Morgan fingerprint density at radius 2 is 1.64 bits per heavy atom. The molecule has 0 aromatic heterocycles. The van der Waals surface area contributed by atoms with Crippen LogP contribution in [0.5, 0.6) is 0 Å². The van der Waals surface area contributed by atoms with Crippen LogP contribution in [0.25, 0.3) is 0 Å². The molecule has 0 unspecified atom stereocenters. The molecule has 1 saturated heterocycles. The van der Waals surface area contributed by atoms with Crippen LogP contribution in [0.4, 0.5) is 4.39 Å². The van der Waals surface area contributed by atoms with E-state index in [1.54, 1.807) is 12.1 Å². The summed E-state index contributed by atoms with van der Waals surface area (Å²) >= 11 is 0. The fraction of sp³-hybridized carbons (Fsp3) is 0.409. The van der Waals surface area contributed by atoms with Gasteiger partial charge >= 0.3 is 5.97 Å². The summed E-state index contributed by atoms with van der Waals surface area (Å²) in [4.78, 5) is 12.2. The molecule has 152 valence electrons. The largest absolute Gasteiger partial charge is 0.461 e. The molecule has 3 rings (SSSR count). The van der Waals surface area contributed by atoms with Crippen molar-refractivity contribution in [3.8, 4) is 0 Å². The van der Waals surface area contributed by atoms with Crippen LogP contribution in [-0.4, -0.2) is 31.3 Å². The molecule has 4 nitrogen and oxygen atoms in total. The van der Waals surface area contributed by atoms with Gasteiger partial charge in [-0.2, -0.15) is 0 Å². The van der Waals surface area contributed by atoms with Crippen LogP contribution in [0, 0.1) is 17.7 Å². The minimum absolute atomic E-state index is 0. The summed E-state index contributed by atoms with van der Waals surface area (Å²) in [6.07, 6.45) is 1.17. The third-order valence-corrected chi connectivity index (χ3v) is 5.17. The van der Waals surface area contributed by atoms with Gasteiger partial charge in [0.1, 0.15) is 18.0 Å². The van der Waals surface area contributed by atoms with Gasteiger partial charge in [-0.15, -0.1) is 12.4 Å². The van der Waals surface area contributed by atoms with Crippen molar-refractivity contribution in [1.82, 2.24) is 0 Å². The zero-order chi connectivity index (χ0) is 19.2. The Morgan fingerprint density at radius 1 is 1.00 bits per heavy atom. The van der Waals surface area contributed by atoms with Crippen LogP contribution in [0.2, 0.25) is 0 Å². The number of nitrogens with two attached hydrogens (primary N) is 1. The molecule has 1 fully saturated rings. The van der Waals surface area contributed by atoms with E-state index in [2.05, 4.69) is 12.1 Å². The van der Waals surface area contributed by atoms with Crippen LogP contribution in [0.1, 0.15) is 18.1 Å². The smallest absolute Gasteiger partial charge is 0.325 e. The molecule has 0 amide bonds. The number of ether oxygens (including phenoxy) is 2. The van der Waals surface area contributed by atoms with Crippen molar-refractivity contribution in [2.45, 2.75) is 31.9 Å². The quantitative estimate of drug-likeness (QED) is 0.787. The summed E-state index contributed by atoms with van der Waals surface area (Å²) in [6, 6.07) is 15.9. The minimum Gasteiger partial charge on any atom is -0.461 e. The highest BCUT2D eigenvalue weighted by molar-refractivity contribution is 5.85. The second-order valence-electron chi connectivity index (χ2n) is 7.23. The van der Waals surface area contributed by atoms with Crippen LogP contribution in [-0.2, 0) is 27.1 Å². The average Bonchev–Trinajstić information content (AvgIpc) is 2.71. The van der Waals surface area contributed by atoms with Crippen molar-refractivity contribution in [3.63, 3.8) is 0 Å². The Bertz CT molecular complexity index is 741. The maximum atomic E-state index is 13.3. The summed E-state index contributed by atoms with van der Waals surface area (Å²) in [5.41, 5.74) is 8.06. The molecule has 0 aliphatic carbocycles. The SMILES string of the molecule is C[C@@H]1OC(=O)[C@@H](N)COC[C@H](Cc2ccccc2)[C@H]1Cc1ccc(F)cc1.Cl. The van der Waals surface area contributed by atoms with E-state index in [0.29, 0.717) is 13.0 Å². The van der Waals surface area contributed by atoms with Gasteiger partial charge in [0.2, 0.25) is 0 Å². The molecule has 2 N–H and O–H groups in total. The van der Waals surface area contributed by atoms with Crippen LogP contribution in [0.15, 0.2) is 54.6 Å². The molecule has 1 aliphatic rings. The lowest BCUT2D eigenvalue weighted by Gasteiger charge is -2.31. The first kappa shape index (κ1) is 22.3. The number of benzene rings is 2. The number of hydrogen-bond donors (Lipinski definition) is 1. The lowest BCUT2D eigenvalue weighted by atomic mass is 9.80. The van der Waals surface area contributed by atoms with Gasteiger partial charge in [-0.25, -0.2) is 4.39 Å². The number of hydrogen-bond acceptors (Lipinski definition) is 4. The second kappa shape index (κ2) is 10.6. The standard InChI is InChI=1S/C22H26FNO3.ClH/c1-15-20(12-17-7-9-19(23)10-8-17)18(11-16-5-3-2-4-6-16)13-26-14-21(24)22(25)27-15;/h2-10,15,18,20-21H,11-14,24H2,1H3;1H/t15-,18-,20-,21-;/m0./s1. The van der Waals surface area contributed by atoms with Gasteiger partial charge in [0.25, 0.3) is 0 Å². The highest BCUT2D eigenvalue weighted by Gasteiger charge is 2.33. The Morgan fingerprint density at radius 3 is 2.32 bits per heavy atom. The first-order chi connectivity index (χ1) is 13.0. The van der Waals surface area contributed by atoms with E-state index in [9.17, 15) is 9.18 Å². The topological polar surface area (TPSA) is 61.5 Å². The van der Waals surface area contributed by atoms with Gasteiger partial charge in [-0.1, -0.05) is 42.5 Å². The molecular formula is C22H27ClFNO3. The summed E-state index contributed by atoms with van der Waals surface area (Å²) in [5.74, 6) is -0.523. The molecule has 6 heteroatoms. The van der Waals surface area contributed by atoms with E-state index in [1.165, 1.54) is 17.7 Å². The summed E-state index contributed by atoms with van der Waals surface area (Å²) in [5, 5.41) is 0. The van der Waals surface area contributed by atoms with Crippen molar-refractivity contribution in [3.05, 3.63) is 71.5 Å².